The van der Waals surface area contributed by atoms with E-state index in [1.54, 1.807) is 13.8 Å². The van der Waals surface area contributed by atoms with Gasteiger partial charge in [0.25, 0.3) is 11.8 Å². The summed E-state index contributed by atoms with van der Waals surface area (Å²) in [5.74, 6) is -0.206. The van der Waals surface area contributed by atoms with Crippen molar-refractivity contribution in [1.82, 2.24) is 10.1 Å². The number of hydrogen-bond acceptors (Lipinski definition) is 4. The maximum atomic E-state index is 12.4. The van der Waals surface area contributed by atoms with Crippen LogP contribution in [0.5, 0.6) is 0 Å². The van der Waals surface area contributed by atoms with E-state index in [2.05, 4.69) is 5.16 Å². The smallest absolute Gasteiger partial charge is 0.261 e. The van der Waals surface area contributed by atoms with Crippen LogP contribution in [0, 0.1) is 13.8 Å². The summed E-state index contributed by atoms with van der Waals surface area (Å²) in [4.78, 5) is 25.9. The molecule has 0 aliphatic carbocycles. The Morgan fingerprint density at radius 2 is 1.62 bits per heavy atom. The quantitative estimate of drug-likeness (QED) is 0.794. The van der Waals surface area contributed by atoms with Crippen LogP contribution in [0.3, 0.4) is 0 Å². The van der Waals surface area contributed by atoms with Crippen molar-refractivity contribution in [2.45, 2.75) is 20.4 Å². The van der Waals surface area contributed by atoms with Gasteiger partial charge in [-0.1, -0.05) is 28.4 Å². The van der Waals surface area contributed by atoms with E-state index in [1.165, 1.54) is 12.1 Å². The molecule has 7 heteroatoms. The third kappa shape index (κ3) is 2.13. The van der Waals surface area contributed by atoms with Gasteiger partial charge in [-0.25, -0.2) is 0 Å². The minimum atomic E-state index is -0.395. The molecule has 5 nitrogen and oxygen atoms in total. The Kier molecular flexibility index (Phi) is 3.26. The highest BCUT2D eigenvalue weighted by Crippen LogP contribution is 2.32. The normalized spacial score (nSPS) is 14.0. The van der Waals surface area contributed by atoms with Crippen LogP contribution in [-0.2, 0) is 6.54 Å². The fourth-order valence-electron chi connectivity index (χ4n) is 2.31. The molecule has 0 fully saturated rings. The van der Waals surface area contributed by atoms with Crippen LogP contribution in [0.1, 0.15) is 37.7 Å². The number of carbonyl (C=O) groups is 2. The fourth-order valence-corrected chi connectivity index (χ4v) is 2.64. The number of rotatable bonds is 2. The van der Waals surface area contributed by atoms with E-state index in [0.717, 1.165) is 10.5 Å². The van der Waals surface area contributed by atoms with Crippen molar-refractivity contribution in [3.05, 3.63) is 50.3 Å². The Hall–Kier alpha value is -1.85. The molecule has 0 saturated carbocycles. The molecule has 0 N–H and O–H groups in total. The first kappa shape index (κ1) is 14.1. The van der Waals surface area contributed by atoms with Crippen LogP contribution in [0.2, 0.25) is 10.0 Å². The summed E-state index contributed by atoms with van der Waals surface area (Å²) in [5, 5.41) is 4.31. The highest BCUT2D eigenvalue weighted by Gasteiger charge is 2.37. The van der Waals surface area contributed by atoms with E-state index in [4.69, 9.17) is 27.7 Å². The lowest BCUT2D eigenvalue weighted by atomic mass is 10.1. The van der Waals surface area contributed by atoms with Gasteiger partial charge in [0.05, 0.1) is 33.4 Å². The number of nitrogens with zero attached hydrogens (tertiary/aromatic N) is 2. The summed E-state index contributed by atoms with van der Waals surface area (Å²) >= 11 is 11.8. The van der Waals surface area contributed by atoms with Gasteiger partial charge in [-0.15, -0.1) is 0 Å². The maximum absolute atomic E-state index is 12.4. The van der Waals surface area contributed by atoms with Gasteiger partial charge in [-0.2, -0.15) is 0 Å². The summed E-state index contributed by atoms with van der Waals surface area (Å²) < 4.78 is 5.05. The largest absolute Gasteiger partial charge is 0.361 e. The van der Waals surface area contributed by atoms with Crippen molar-refractivity contribution in [3.8, 4) is 0 Å². The number of carbonyl (C=O) groups excluding carboxylic acids is 2. The zero-order valence-electron chi connectivity index (χ0n) is 11.2. The molecular weight excluding hydrogens is 315 g/mol. The molecule has 0 spiro atoms. The number of fused-ring (bicyclic) bond motifs is 1. The van der Waals surface area contributed by atoms with Gasteiger partial charge in [0, 0.05) is 5.56 Å². The molecule has 1 aliphatic heterocycles. The van der Waals surface area contributed by atoms with Crippen molar-refractivity contribution in [2.75, 3.05) is 0 Å². The van der Waals surface area contributed by atoms with Crippen LogP contribution in [0.4, 0.5) is 0 Å². The second-order valence-electron chi connectivity index (χ2n) is 4.81. The zero-order chi connectivity index (χ0) is 15.3. The number of aryl methyl sites for hydroxylation is 2. The van der Waals surface area contributed by atoms with Gasteiger partial charge in [0.15, 0.2) is 0 Å². The van der Waals surface area contributed by atoms with E-state index in [9.17, 15) is 9.59 Å². The maximum Gasteiger partial charge on any atom is 0.261 e. The van der Waals surface area contributed by atoms with Crippen LogP contribution < -0.4 is 0 Å². The van der Waals surface area contributed by atoms with Gasteiger partial charge >= 0.3 is 0 Å². The van der Waals surface area contributed by atoms with Gasteiger partial charge in [-0.3, -0.25) is 14.5 Å². The van der Waals surface area contributed by atoms with Gasteiger partial charge in [0.1, 0.15) is 5.76 Å². The molecule has 3 rings (SSSR count). The lowest BCUT2D eigenvalue weighted by Gasteiger charge is -2.13. The molecule has 0 radical (unpaired) electrons. The number of hydrogen-bond donors (Lipinski definition) is 0. The molecule has 0 bridgehead atoms. The third-order valence-electron chi connectivity index (χ3n) is 3.51. The minimum absolute atomic E-state index is 0.114. The van der Waals surface area contributed by atoms with Crippen molar-refractivity contribution < 1.29 is 14.1 Å². The van der Waals surface area contributed by atoms with E-state index >= 15 is 0 Å². The average molecular weight is 325 g/mol. The molecule has 2 heterocycles. The van der Waals surface area contributed by atoms with Crippen molar-refractivity contribution in [3.63, 3.8) is 0 Å². The first-order valence-electron chi connectivity index (χ1n) is 6.17. The third-order valence-corrected chi connectivity index (χ3v) is 4.23. The Bertz CT molecular complexity index is 722. The van der Waals surface area contributed by atoms with Crippen molar-refractivity contribution >= 4 is 35.0 Å². The molecule has 0 atom stereocenters. The Morgan fingerprint density at radius 3 is 2.05 bits per heavy atom. The van der Waals surface area contributed by atoms with Crippen LogP contribution in [0.15, 0.2) is 16.7 Å². The topological polar surface area (TPSA) is 63.4 Å². The molecule has 21 heavy (non-hydrogen) atoms. The number of imide groups is 1. The van der Waals surface area contributed by atoms with Crippen LogP contribution >= 0.6 is 23.2 Å². The lowest BCUT2D eigenvalue weighted by molar-refractivity contribution is 0.0642. The van der Waals surface area contributed by atoms with Gasteiger partial charge in [0.2, 0.25) is 0 Å². The average Bonchev–Trinajstić information content (AvgIpc) is 2.86. The molecule has 0 unspecified atom stereocenters. The second kappa shape index (κ2) is 4.86. The predicted octanol–water partition coefficient (Wildman–Crippen LogP) is 3.39. The summed E-state index contributed by atoms with van der Waals surface area (Å²) in [6.45, 7) is 3.61. The number of benzene rings is 1. The van der Waals surface area contributed by atoms with Crippen LogP contribution in [0.25, 0.3) is 0 Å². The molecular formula is C14H10Cl2N2O3. The number of amides is 2. The fraction of sp³-hybridized carbons (Fsp3) is 0.214. The Balaban J connectivity index is 2.00. The minimum Gasteiger partial charge on any atom is -0.361 e. The molecule has 108 valence electrons. The van der Waals surface area contributed by atoms with Crippen LogP contribution in [-0.4, -0.2) is 21.9 Å². The number of aromatic nitrogens is 1. The van der Waals surface area contributed by atoms with E-state index in [-0.39, 0.29) is 27.7 Å². The molecule has 2 amide bonds. The highest BCUT2D eigenvalue weighted by molar-refractivity contribution is 6.43. The summed E-state index contributed by atoms with van der Waals surface area (Å²) in [5.41, 5.74) is 1.91. The summed E-state index contributed by atoms with van der Waals surface area (Å²) in [7, 11) is 0. The van der Waals surface area contributed by atoms with E-state index < -0.39 is 11.8 Å². The van der Waals surface area contributed by atoms with Crippen molar-refractivity contribution in [2.24, 2.45) is 0 Å². The molecule has 1 aromatic carbocycles. The van der Waals surface area contributed by atoms with Crippen molar-refractivity contribution in [1.29, 1.82) is 0 Å². The summed E-state index contributed by atoms with van der Waals surface area (Å²) in [6, 6.07) is 2.85. The number of halogens is 2. The molecule has 0 saturated heterocycles. The predicted molar refractivity (Wildman–Crippen MR) is 76.6 cm³/mol. The summed E-state index contributed by atoms with van der Waals surface area (Å²) in [6.07, 6.45) is 0. The SMILES string of the molecule is Cc1noc(C)c1CN1C(=O)c2cc(Cl)c(Cl)cc2C1=O. The highest BCUT2D eigenvalue weighted by atomic mass is 35.5. The van der Waals surface area contributed by atoms with Gasteiger partial charge < -0.3 is 4.52 Å². The molecule has 2 aromatic rings. The first-order chi connectivity index (χ1) is 9.90. The first-order valence-corrected chi connectivity index (χ1v) is 6.92. The second-order valence-corrected chi connectivity index (χ2v) is 5.63. The molecule has 1 aromatic heterocycles. The van der Waals surface area contributed by atoms with E-state index in [1.807, 2.05) is 0 Å². The zero-order valence-corrected chi connectivity index (χ0v) is 12.7. The van der Waals surface area contributed by atoms with E-state index in [0.29, 0.717) is 11.5 Å². The molecule has 1 aliphatic rings. The Morgan fingerprint density at radius 1 is 1.10 bits per heavy atom. The monoisotopic (exact) mass is 324 g/mol. The standard InChI is InChI=1S/C14H10Cl2N2O3/c1-6-10(7(2)21-17-6)5-18-13(19)8-3-11(15)12(16)4-9(8)14(18)20/h3-4H,5H2,1-2H3. The Labute approximate surface area is 130 Å². The van der Waals surface area contributed by atoms with Gasteiger partial charge in [-0.05, 0) is 26.0 Å². The lowest BCUT2D eigenvalue weighted by Crippen LogP contribution is -2.29.